The van der Waals surface area contributed by atoms with Gasteiger partial charge in [0, 0.05) is 12.2 Å². The fraction of sp³-hybridized carbons (Fsp3) is 0.533. The van der Waals surface area contributed by atoms with Crippen LogP contribution in [0.3, 0.4) is 0 Å². The van der Waals surface area contributed by atoms with Crippen molar-refractivity contribution in [1.82, 2.24) is 4.98 Å². The fourth-order valence-electron chi connectivity index (χ4n) is 3.01. The summed E-state index contributed by atoms with van der Waals surface area (Å²) in [6, 6.07) is 3.41. The Balaban J connectivity index is 2.54. The third-order valence-corrected chi connectivity index (χ3v) is 3.92. The van der Waals surface area contributed by atoms with Gasteiger partial charge in [0.15, 0.2) is 0 Å². The summed E-state index contributed by atoms with van der Waals surface area (Å²) < 4.78 is 0. The van der Waals surface area contributed by atoms with Gasteiger partial charge in [-0.3, -0.25) is 4.98 Å². The van der Waals surface area contributed by atoms with Gasteiger partial charge in [0.25, 0.3) is 0 Å². The van der Waals surface area contributed by atoms with Crippen LogP contribution in [0.4, 0.5) is 5.69 Å². The van der Waals surface area contributed by atoms with Crippen LogP contribution in [0.1, 0.15) is 36.7 Å². The molecule has 0 aliphatic carbocycles. The van der Waals surface area contributed by atoms with Crippen molar-refractivity contribution in [3.05, 3.63) is 23.0 Å². The van der Waals surface area contributed by atoms with Crippen molar-refractivity contribution in [2.75, 3.05) is 11.4 Å². The number of rotatable bonds is 2. The van der Waals surface area contributed by atoms with E-state index in [0.29, 0.717) is 23.5 Å². The summed E-state index contributed by atoms with van der Waals surface area (Å²) in [6.07, 6.45) is 1.84. The number of aliphatic carboxylic acids is 1. The van der Waals surface area contributed by atoms with Gasteiger partial charge in [-0.25, -0.2) is 4.79 Å². The lowest BCUT2D eigenvalue weighted by molar-refractivity contribution is -0.140. The van der Waals surface area contributed by atoms with E-state index in [4.69, 9.17) is 0 Å². The van der Waals surface area contributed by atoms with Crippen molar-refractivity contribution >= 4 is 11.7 Å². The Morgan fingerprint density at radius 1 is 1.55 bits per heavy atom. The first-order valence-corrected chi connectivity index (χ1v) is 6.83. The normalized spacial score (nSPS) is 22.4. The Bertz CT molecular complexity index is 577. The van der Waals surface area contributed by atoms with Gasteiger partial charge in [0.05, 0.1) is 16.9 Å². The number of hydrogen-bond donors (Lipinski definition) is 1. The maximum absolute atomic E-state index is 11.6. The number of carboxylic acid groups (broad SMARTS) is 1. The molecule has 5 heteroatoms. The average molecular weight is 273 g/mol. The highest BCUT2D eigenvalue weighted by atomic mass is 16.4. The van der Waals surface area contributed by atoms with Crippen LogP contribution in [0.2, 0.25) is 0 Å². The second kappa shape index (κ2) is 5.49. The molecule has 2 atom stereocenters. The zero-order valence-corrected chi connectivity index (χ0v) is 12.1. The van der Waals surface area contributed by atoms with Crippen LogP contribution in [-0.2, 0) is 4.79 Å². The maximum atomic E-state index is 11.6. The van der Waals surface area contributed by atoms with Crippen molar-refractivity contribution < 1.29 is 9.90 Å². The number of piperidine rings is 1. The van der Waals surface area contributed by atoms with Gasteiger partial charge in [0.1, 0.15) is 12.1 Å². The van der Waals surface area contributed by atoms with Crippen LogP contribution in [-0.4, -0.2) is 28.6 Å². The summed E-state index contributed by atoms with van der Waals surface area (Å²) in [4.78, 5) is 17.7. The number of nitrogens with zero attached hydrogens (tertiary/aromatic N) is 3. The predicted octanol–water partition coefficient (Wildman–Crippen LogP) is 2.26. The molecule has 0 radical (unpaired) electrons. The molecule has 2 unspecified atom stereocenters. The highest BCUT2D eigenvalue weighted by Gasteiger charge is 2.35. The second-order valence-electron chi connectivity index (χ2n) is 5.45. The maximum Gasteiger partial charge on any atom is 0.326 e. The van der Waals surface area contributed by atoms with Gasteiger partial charge in [-0.15, -0.1) is 0 Å². The molecule has 1 aliphatic rings. The molecule has 2 heterocycles. The van der Waals surface area contributed by atoms with E-state index in [0.717, 1.165) is 18.5 Å². The molecular weight excluding hydrogens is 254 g/mol. The number of anilines is 1. The fourth-order valence-corrected chi connectivity index (χ4v) is 3.01. The van der Waals surface area contributed by atoms with Crippen molar-refractivity contribution in [2.24, 2.45) is 5.92 Å². The number of carboxylic acids is 1. The molecular formula is C15H19N3O2. The molecule has 1 aliphatic heterocycles. The second-order valence-corrected chi connectivity index (χ2v) is 5.45. The largest absolute Gasteiger partial charge is 0.480 e. The molecule has 1 aromatic heterocycles. The number of aryl methyl sites for hydroxylation is 2. The first-order chi connectivity index (χ1) is 9.45. The molecule has 1 N–H and O–H groups in total. The predicted molar refractivity (Wildman–Crippen MR) is 75.6 cm³/mol. The van der Waals surface area contributed by atoms with Gasteiger partial charge < -0.3 is 10.0 Å². The van der Waals surface area contributed by atoms with Crippen LogP contribution in [0.15, 0.2) is 6.07 Å². The van der Waals surface area contributed by atoms with Gasteiger partial charge in [-0.2, -0.15) is 5.26 Å². The van der Waals surface area contributed by atoms with Gasteiger partial charge in [-0.05, 0) is 38.7 Å². The third-order valence-electron chi connectivity index (χ3n) is 3.92. The minimum Gasteiger partial charge on any atom is -0.480 e. The van der Waals surface area contributed by atoms with Crippen LogP contribution in [0, 0.1) is 31.1 Å². The number of nitriles is 1. The van der Waals surface area contributed by atoms with Gasteiger partial charge >= 0.3 is 5.97 Å². The van der Waals surface area contributed by atoms with Crippen molar-refractivity contribution in [1.29, 1.82) is 5.26 Å². The molecule has 1 fully saturated rings. The van der Waals surface area contributed by atoms with Gasteiger partial charge in [0.2, 0.25) is 0 Å². The van der Waals surface area contributed by atoms with E-state index in [1.165, 1.54) is 0 Å². The van der Waals surface area contributed by atoms with Crippen molar-refractivity contribution in [3.63, 3.8) is 0 Å². The molecule has 0 saturated carbocycles. The quantitative estimate of drug-likeness (QED) is 0.894. The first-order valence-electron chi connectivity index (χ1n) is 6.83. The van der Waals surface area contributed by atoms with Crippen LogP contribution in [0.5, 0.6) is 0 Å². The highest BCUT2D eigenvalue weighted by Crippen LogP contribution is 2.32. The van der Waals surface area contributed by atoms with E-state index >= 15 is 0 Å². The Morgan fingerprint density at radius 2 is 2.25 bits per heavy atom. The Labute approximate surface area is 118 Å². The number of hydrogen-bond acceptors (Lipinski definition) is 4. The molecule has 0 spiro atoms. The van der Waals surface area contributed by atoms with Crippen LogP contribution < -0.4 is 4.90 Å². The number of carbonyl (C=O) groups is 1. The molecule has 2 rings (SSSR count). The molecule has 5 nitrogen and oxygen atoms in total. The minimum atomic E-state index is -0.826. The monoisotopic (exact) mass is 273 g/mol. The summed E-state index contributed by atoms with van der Waals surface area (Å²) in [7, 11) is 0. The Morgan fingerprint density at radius 3 is 2.85 bits per heavy atom. The smallest absolute Gasteiger partial charge is 0.326 e. The van der Waals surface area contributed by atoms with E-state index in [9.17, 15) is 15.2 Å². The first kappa shape index (κ1) is 14.3. The molecule has 1 saturated heterocycles. The highest BCUT2D eigenvalue weighted by molar-refractivity contribution is 5.80. The van der Waals surface area contributed by atoms with E-state index in [2.05, 4.69) is 11.1 Å². The molecule has 0 bridgehead atoms. The summed E-state index contributed by atoms with van der Waals surface area (Å²) in [5, 5.41) is 18.8. The van der Waals surface area contributed by atoms with Crippen molar-refractivity contribution in [2.45, 2.75) is 39.7 Å². The van der Waals surface area contributed by atoms with E-state index in [1.807, 2.05) is 24.8 Å². The van der Waals surface area contributed by atoms with Crippen LogP contribution in [0.25, 0.3) is 0 Å². The number of aromatic nitrogens is 1. The third kappa shape index (κ3) is 2.46. The molecule has 20 heavy (non-hydrogen) atoms. The van der Waals surface area contributed by atoms with Crippen LogP contribution >= 0.6 is 0 Å². The number of pyridine rings is 1. The summed E-state index contributed by atoms with van der Waals surface area (Å²) >= 11 is 0. The SMILES string of the molecule is Cc1cc(N2CCCC(C)C2C(=O)O)c(C#N)c(C)n1. The lowest BCUT2D eigenvalue weighted by Crippen LogP contribution is -2.49. The minimum absolute atomic E-state index is 0.0709. The zero-order valence-electron chi connectivity index (χ0n) is 12.1. The van der Waals surface area contributed by atoms with Crippen molar-refractivity contribution in [3.8, 4) is 6.07 Å². The van der Waals surface area contributed by atoms with E-state index in [1.54, 1.807) is 6.92 Å². The standard InChI is InChI=1S/C15H19N3O2/c1-9-5-4-6-18(14(9)15(19)20)13-7-10(2)17-11(3)12(13)8-16/h7,9,14H,4-6H2,1-3H3,(H,19,20). The van der Waals surface area contributed by atoms with Gasteiger partial charge in [-0.1, -0.05) is 6.92 Å². The molecule has 0 aromatic carbocycles. The van der Waals surface area contributed by atoms with E-state index in [-0.39, 0.29) is 5.92 Å². The Kier molecular flexibility index (Phi) is 3.93. The molecule has 0 amide bonds. The molecule has 106 valence electrons. The zero-order chi connectivity index (χ0) is 14.9. The summed E-state index contributed by atoms with van der Waals surface area (Å²) in [5.74, 6) is -0.755. The lowest BCUT2D eigenvalue weighted by Gasteiger charge is -2.39. The summed E-state index contributed by atoms with van der Waals surface area (Å²) in [6.45, 7) is 6.27. The van der Waals surface area contributed by atoms with E-state index < -0.39 is 12.0 Å². The Hall–Kier alpha value is -2.09. The topological polar surface area (TPSA) is 77.2 Å². The molecule has 1 aromatic rings. The lowest BCUT2D eigenvalue weighted by atomic mass is 9.89. The average Bonchev–Trinajstić information content (AvgIpc) is 2.37. The summed E-state index contributed by atoms with van der Waals surface area (Å²) in [5.41, 5.74) is 2.65.